The molecule has 3 N–H and O–H groups in total. The molecular weight excluding hydrogens is 211 g/mol. The Morgan fingerprint density at radius 2 is 1.85 bits per heavy atom. The summed E-state index contributed by atoms with van der Waals surface area (Å²) in [6.07, 6.45) is 0. The van der Waals surface area contributed by atoms with Gasteiger partial charge in [0.15, 0.2) is 4.84 Å². The average molecular weight is 219 g/mol. The van der Waals surface area contributed by atoms with E-state index in [1.54, 1.807) is 24.3 Å². The molecule has 0 aromatic heterocycles. The molecular formula is C8H8Cl2N2O. The van der Waals surface area contributed by atoms with Gasteiger partial charge in [0.1, 0.15) is 0 Å². The summed E-state index contributed by atoms with van der Waals surface area (Å²) in [5.41, 5.74) is 6.70. The first-order chi connectivity index (χ1) is 6.09. The minimum absolute atomic E-state index is 0.451. The molecule has 1 rings (SSSR count). The standard InChI is InChI=1S/C8H8Cl2N2O/c9-7(10)8(13)12-6-3-1-5(11)2-4-6/h1-4,7H,11H2,(H,12,13). The van der Waals surface area contributed by atoms with Gasteiger partial charge in [-0.3, -0.25) is 4.79 Å². The molecule has 0 fully saturated rings. The molecule has 0 unspecified atom stereocenters. The minimum Gasteiger partial charge on any atom is -0.399 e. The average Bonchev–Trinajstić information content (AvgIpc) is 2.08. The lowest BCUT2D eigenvalue weighted by Gasteiger charge is -2.04. The van der Waals surface area contributed by atoms with Crippen LogP contribution in [0.5, 0.6) is 0 Å². The van der Waals surface area contributed by atoms with Crippen molar-refractivity contribution in [1.82, 2.24) is 0 Å². The molecule has 0 saturated carbocycles. The summed E-state index contributed by atoms with van der Waals surface area (Å²) in [6.45, 7) is 0. The van der Waals surface area contributed by atoms with Gasteiger partial charge in [-0.05, 0) is 24.3 Å². The predicted molar refractivity (Wildman–Crippen MR) is 55.0 cm³/mol. The van der Waals surface area contributed by atoms with Crippen LogP contribution in [0.3, 0.4) is 0 Å². The second kappa shape index (κ2) is 4.35. The van der Waals surface area contributed by atoms with Gasteiger partial charge in [0.25, 0.3) is 5.91 Å². The Balaban J connectivity index is 2.65. The van der Waals surface area contributed by atoms with Crippen LogP contribution in [0.4, 0.5) is 11.4 Å². The first-order valence-corrected chi connectivity index (χ1v) is 4.41. The van der Waals surface area contributed by atoms with Gasteiger partial charge >= 0.3 is 0 Å². The summed E-state index contributed by atoms with van der Waals surface area (Å²) < 4.78 is 0. The summed E-state index contributed by atoms with van der Waals surface area (Å²) in [6, 6.07) is 6.69. The highest BCUT2D eigenvalue weighted by molar-refractivity contribution is 6.54. The maximum absolute atomic E-state index is 11.0. The number of nitrogens with one attached hydrogen (secondary N) is 1. The van der Waals surface area contributed by atoms with Gasteiger partial charge < -0.3 is 11.1 Å². The number of hydrogen-bond donors (Lipinski definition) is 2. The molecule has 3 nitrogen and oxygen atoms in total. The molecule has 0 aliphatic rings. The monoisotopic (exact) mass is 218 g/mol. The van der Waals surface area contributed by atoms with Gasteiger partial charge in [-0.2, -0.15) is 0 Å². The lowest BCUT2D eigenvalue weighted by Crippen LogP contribution is -2.18. The second-order valence-corrected chi connectivity index (χ2v) is 3.51. The number of amides is 1. The summed E-state index contributed by atoms with van der Waals surface area (Å²) in [7, 11) is 0. The van der Waals surface area contributed by atoms with E-state index in [1.165, 1.54) is 0 Å². The molecule has 0 bridgehead atoms. The van der Waals surface area contributed by atoms with Crippen LogP contribution in [0.2, 0.25) is 0 Å². The molecule has 0 aliphatic heterocycles. The maximum atomic E-state index is 11.0. The third-order valence-corrected chi connectivity index (χ3v) is 1.77. The van der Waals surface area contributed by atoms with E-state index in [0.29, 0.717) is 11.4 Å². The van der Waals surface area contributed by atoms with Crippen LogP contribution in [-0.4, -0.2) is 10.7 Å². The molecule has 5 heteroatoms. The highest BCUT2D eigenvalue weighted by Crippen LogP contribution is 2.12. The van der Waals surface area contributed by atoms with Crippen molar-refractivity contribution in [2.24, 2.45) is 0 Å². The number of rotatable bonds is 2. The van der Waals surface area contributed by atoms with Crippen molar-refractivity contribution in [3.8, 4) is 0 Å². The molecule has 1 aromatic rings. The first kappa shape index (κ1) is 10.2. The number of nitrogen functional groups attached to an aromatic ring is 1. The number of benzene rings is 1. The molecule has 1 amide bonds. The molecule has 0 saturated heterocycles. The van der Waals surface area contributed by atoms with Gasteiger partial charge in [0.2, 0.25) is 0 Å². The quantitative estimate of drug-likeness (QED) is 0.590. The summed E-state index contributed by atoms with van der Waals surface area (Å²) >= 11 is 10.7. The zero-order chi connectivity index (χ0) is 9.84. The molecule has 0 spiro atoms. The Hall–Kier alpha value is -0.930. The minimum atomic E-state index is -1.06. The van der Waals surface area contributed by atoms with E-state index in [4.69, 9.17) is 28.9 Å². The molecule has 13 heavy (non-hydrogen) atoms. The Bertz CT molecular complexity index is 298. The van der Waals surface area contributed by atoms with Crippen molar-refractivity contribution in [3.05, 3.63) is 24.3 Å². The van der Waals surface area contributed by atoms with Crippen molar-refractivity contribution >= 4 is 40.5 Å². The van der Waals surface area contributed by atoms with Crippen molar-refractivity contribution in [2.75, 3.05) is 11.1 Å². The Kier molecular flexibility index (Phi) is 3.39. The Labute approximate surface area is 85.8 Å². The SMILES string of the molecule is Nc1ccc(NC(=O)C(Cl)Cl)cc1. The zero-order valence-electron chi connectivity index (χ0n) is 6.63. The molecule has 0 atom stereocenters. The van der Waals surface area contributed by atoms with Gasteiger partial charge in [-0.1, -0.05) is 23.2 Å². The number of alkyl halides is 2. The molecule has 0 aliphatic carbocycles. The number of halogens is 2. The fourth-order valence-electron chi connectivity index (χ4n) is 0.763. The van der Waals surface area contributed by atoms with Gasteiger partial charge in [-0.25, -0.2) is 0 Å². The normalized spacial score (nSPS) is 10.1. The third kappa shape index (κ3) is 3.13. The highest BCUT2D eigenvalue weighted by Gasteiger charge is 2.10. The number of anilines is 2. The summed E-state index contributed by atoms with van der Waals surface area (Å²) in [5, 5.41) is 2.51. The van der Waals surface area contributed by atoms with Crippen LogP contribution in [-0.2, 0) is 4.79 Å². The summed E-state index contributed by atoms with van der Waals surface area (Å²) in [4.78, 5) is 9.93. The van der Waals surface area contributed by atoms with E-state index in [9.17, 15) is 4.79 Å². The van der Waals surface area contributed by atoms with Gasteiger partial charge in [-0.15, -0.1) is 0 Å². The molecule has 1 aromatic carbocycles. The fourth-order valence-corrected chi connectivity index (χ4v) is 0.872. The van der Waals surface area contributed by atoms with Crippen LogP contribution >= 0.6 is 23.2 Å². The number of carbonyl (C=O) groups is 1. The largest absolute Gasteiger partial charge is 0.399 e. The maximum Gasteiger partial charge on any atom is 0.257 e. The highest BCUT2D eigenvalue weighted by atomic mass is 35.5. The van der Waals surface area contributed by atoms with E-state index in [2.05, 4.69) is 5.32 Å². The van der Waals surface area contributed by atoms with E-state index < -0.39 is 10.7 Å². The summed E-state index contributed by atoms with van der Waals surface area (Å²) in [5.74, 6) is -0.451. The van der Waals surface area contributed by atoms with Crippen molar-refractivity contribution in [3.63, 3.8) is 0 Å². The van der Waals surface area contributed by atoms with Crippen molar-refractivity contribution < 1.29 is 4.79 Å². The van der Waals surface area contributed by atoms with Crippen molar-refractivity contribution in [1.29, 1.82) is 0 Å². The lowest BCUT2D eigenvalue weighted by molar-refractivity contribution is -0.114. The van der Waals surface area contributed by atoms with Gasteiger partial charge in [0, 0.05) is 11.4 Å². The lowest BCUT2D eigenvalue weighted by atomic mass is 10.3. The number of carbonyl (C=O) groups excluding carboxylic acids is 1. The van der Waals surface area contributed by atoms with Crippen LogP contribution < -0.4 is 11.1 Å². The van der Waals surface area contributed by atoms with E-state index in [0.717, 1.165) is 0 Å². The van der Waals surface area contributed by atoms with Crippen molar-refractivity contribution in [2.45, 2.75) is 4.84 Å². The van der Waals surface area contributed by atoms with Crippen LogP contribution in [0.25, 0.3) is 0 Å². The van der Waals surface area contributed by atoms with Gasteiger partial charge in [0.05, 0.1) is 0 Å². The van der Waals surface area contributed by atoms with Crippen LogP contribution in [0, 0.1) is 0 Å². The van der Waals surface area contributed by atoms with E-state index in [-0.39, 0.29) is 0 Å². The van der Waals surface area contributed by atoms with E-state index >= 15 is 0 Å². The Morgan fingerprint density at radius 1 is 1.31 bits per heavy atom. The third-order valence-electron chi connectivity index (χ3n) is 1.38. The smallest absolute Gasteiger partial charge is 0.257 e. The topological polar surface area (TPSA) is 55.1 Å². The molecule has 0 radical (unpaired) electrons. The second-order valence-electron chi connectivity index (χ2n) is 2.41. The Morgan fingerprint density at radius 3 is 2.31 bits per heavy atom. The predicted octanol–water partition coefficient (Wildman–Crippen LogP) is 2.01. The fraction of sp³-hybridized carbons (Fsp3) is 0.125. The first-order valence-electron chi connectivity index (χ1n) is 3.54. The zero-order valence-corrected chi connectivity index (χ0v) is 8.14. The number of hydrogen-bond acceptors (Lipinski definition) is 2. The molecule has 0 heterocycles. The van der Waals surface area contributed by atoms with Crippen LogP contribution in [0.15, 0.2) is 24.3 Å². The van der Waals surface area contributed by atoms with E-state index in [1.807, 2.05) is 0 Å². The molecule has 70 valence electrons. The number of nitrogens with two attached hydrogens (primary N) is 1. The van der Waals surface area contributed by atoms with Crippen LogP contribution in [0.1, 0.15) is 0 Å².